The average Bonchev–Trinajstić information content (AvgIpc) is 3.77. The van der Waals surface area contributed by atoms with E-state index in [2.05, 4.69) is 62.7 Å². The molecule has 10 nitrogen and oxygen atoms in total. The zero-order valence-electron chi connectivity index (χ0n) is 25.1. The van der Waals surface area contributed by atoms with Crippen LogP contribution in [-0.2, 0) is 32.5 Å². The van der Waals surface area contributed by atoms with Gasteiger partial charge in [0.1, 0.15) is 11.4 Å². The van der Waals surface area contributed by atoms with E-state index in [9.17, 15) is 13.2 Å². The second-order valence-electron chi connectivity index (χ2n) is 10.1. The molecule has 0 amide bonds. The van der Waals surface area contributed by atoms with Crippen LogP contribution in [0.3, 0.4) is 0 Å². The molecule has 0 saturated carbocycles. The smallest absolute Gasteiger partial charge is 0.741 e. The number of aromatic amines is 2. The van der Waals surface area contributed by atoms with Gasteiger partial charge in [-0.1, -0.05) is 57.0 Å². The van der Waals surface area contributed by atoms with Crippen molar-refractivity contribution in [2.24, 2.45) is 0 Å². The maximum absolute atomic E-state index is 10.7. The molecule has 0 aliphatic carbocycles. The molecule has 0 unspecified atom stereocenters. The van der Waals surface area contributed by atoms with Crippen LogP contribution in [0, 0.1) is 6.67 Å². The van der Waals surface area contributed by atoms with E-state index in [-0.39, 0.29) is 22.4 Å². The molecule has 0 bridgehead atoms. The number of H-pyrrole nitrogens is 2. The van der Waals surface area contributed by atoms with E-state index < -0.39 is 15.6 Å². The molecule has 1 aliphatic rings. The van der Waals surface area contributed by atoms with Gasteiger partial charge >= 0.3 is 27.9 Å². The van der Waals surface area contributed by atoms with E-state index in [1.165, 1.54) is 25.7 Å². The molecule has 0 fully saturated rings. The fourth-order valence-corrected chi connectivity index (χ4v) is 4.23. The molecular formula is C31H34AuF3N7O3S-. The molecule has 1 aliphatic heterocycles. The molecule has 2 aromatic carbocycles. The minimum Gasteiger partial charge on any atom is -0.741 e. The first-order chi connectivity index (χ1) is 21.5. The SMILES string of the molecule is CCCCN1C=CN(CCCC)[CH-]1.O=S(=O)([O-])C(F)(F)F.[Au+].c1cc(-c2nc3ccccc3[nH]2)nc(-c2nc3ccccc3[nH]2)c1. The van der Waals surface area contributed by atoms with E-state index in [0.29, 0.717) is 0 Å². The van der Waals surface area contributed by atoms with Gasteiger partial charge in [0.15, 0.2) is 21.8 Å². The van der Waals surface area contributed by atoms with Crippen molar-refractivity contribution in [3.8, 4) is 23.0 Å². The van der Waals surface area contributed by atoms with Gasteiger partial charge in [-0.3, -0.25) is 0 Å². The predicted octanol–water partition coefficient (Wildman–Crippen LogP) is 7.01. The Bertz CT molecular complexity index is 1660. The summed E-state index contributed by atoms with van der Waals surface area (Å²) in [5.74, 6) is 1.52. The number of nitrogens with zero attached hydrogens (tertiary/aromatic N) is 5. The van der Waals surface area contributed by atoms with Gasteiger partial charge in [-0.15, -0.1) is 0 Å². The number of para-hydroxylation sites is 4. The molecule has 0 spiro atoms. The van der Waals surface area contributed by atoms with E-state index in [0.717, 1.165) is 58.2 Å². The van der Waals surface area contributed by atoms with Crippen LogP contribution in [-0.4, -0.2) is 66.3 Å². The van der Waals surface area contributed by atoms with Crippen LogP contribution in [0.2, 0.25) is 0 Å². The Morgan fingerprint density at radius 3 is 1.52 bits per heavy atom. The van der Waals surface area contributed by atoms with Gasteiger partial charge in [0, 0.05) is 0 Å². The summed E-state index contributed by atoms with van der Waals surface area (Å²) < 4.78 is 58.9. The van der Waals surface area contributed by atoms with Gasteiger partial charge in [-0.05, 0) is 74.7 Å². The van der Waals surface area contributed by atoms with Crippen molar-refractivity contribution in [3.05, 3.63) is 85.8 Å². The number of pyridine rings is 1. The number of hydrogen-bond acceptors (Lipinski definition) is 8. The standard InChI is InChI=1S/C19H13N5.C11H21N2.CHF3O3S.Au/c1-2-7-13-12(6-1)21-18(22-13)16-10-5-11-17(20-16)19-23-14-8-3-4-9-15(14)24-19;1-3-5-7-12-9-10-13(11-12)8-6-4-2;2-1(3,4)8(5,6)7;/h1-11H,(H,21,22)(H,23,24);9-11H,3-8H2,1-2H3;(H,5,6,7);/q;-1;;+1/p-1. The van der Waals surface area contributed by atoms with Gasteiger partial charge in [0.2, 0.25) is 0 Å². The quantitative estimate of drug-likeness (QED) is 0.0739. The van der Waals surface area contributed by atoms with E-state index >= 15 is 0 Å². The number of halogens is 3. The van der Waals surface area contributed by atoms with E-state index in [4.69, 9.17) is 18.0 Å². The number of aromatic nitrogens is 5. The Morgan fingerprint density at radius 1 is 0.739 bits per heavy atom. The van der Waals surface area contributed by atoms with Crippen LogP contribution in [0.5, 0.6) is 0 Å². The Hall–Kier alpha value is -3.69. The molecule has 0 saturated heterocycles. The number of benzene rings is 2. The Balaban J connectivity index is 0.000000222. The molecule has 5 aromatic rings. The fourth-order valence-electron chi connectivity index (χ4n) is 4.23. The molecular weight excluding hydrogens is 804 g/mol. The summed E-state index contributed by atoms with van der Waals surface area (Å²) in [5, 5.41) is 0. The maximum atomic E-state index is 10.7. The number of rotatable bonds is 8. The third-order valence-electron chi connectivity index (χ3n) is 6.58. The van der Waals surface area contributed by atoms with Crippen molar-refractivity contribution >= 4 is 32.2 Å². The van der Waals surface area contributed by atoms with Crippen molar-refractivity contribution in [1.29, 1.82) is 0 Å². The number of imidazole rings is 2. The van der Waals surface area contributed by atoms with Crippen LogP contribution in [0.25, 0.3) is 45.1 Å². The fraction of sp³-hybridized carbons (Fsp3) is 0.290. The van der Waals surface area contributed by atoms with Crippen molar-refractivity contribution in [2.45, 2.75) is 45.0 Å². The topological polar surface area (TPSA) is 134 Å². The van der Waals surface area contributed by atoms with Crippen molar-refractivity contribution in [1.82, 2.24) is 34.7 Å². The minimum atomic E-state index is -6.09. The predicted molar refractivity (Wildman–Crippen MR) is 167 cm³/mol. The molecule has 4 heterocycles. The summed E-state index contributed by atoms with van der Waals surface area (Å²) >= 11 is 0. The van der Waals surface area contributed by atoms with Crippen molar-refractivity contribution in [3.63, 3.8) is 0 Å². The second kappa shape index (κ2) is 16.7. The third kappa shape index (κ3) is 10.2. The third-order valence-corrected chi connectivity index (χ3v) is 7.15. The molecule has 3 aromatic heterocycles. The summed E-state index contributed by atoms with van der Waals surface area (Å²) in [4.78, 5) is 25.1. The summed E-state index contributed by atoms with van der Waals surface area (Å²) in [7, 11) is -6.09. The Morgan fingerprint density at radius 2 is 1.15 bits per heavy atom. The summed E-state index contributed by atoms with van der Waals surface area (Å²) in [5.41, 5.74) is -0.181. The second-order valence-corrected chi connectivity index (χ2v) is 11.5. The molecule has 250 valence electrons. The summed E-state index contributed by atoms with van der Waals surface area (Å²) in [6.07, 6.45) is 9.45. The molecule has 2 N–H and O–H groups in total. The van der Waals surface area contributed by atoms with Gasteiger partial charge in [0.05, 0.1) is 22.1 Å². The number of fused-ring (bicyclic) bond motifs is 2. The van der Waals surface area contributed by atoms with Crippen LogP contribution in [0.1, 0.15) is 39.5 Å². The monoisotopic (exact) mass is 838 g/mol. The van der Waals surface area contributed by atoms with Gasteiger partial charge in [-0.2, -0.15) is 19.8 Å². The Labute approximate surface area is 281 Å². The van der Waals surface area contributed by atoms with Crippen LogP contribution in [0.15, 0.2) is 79.1 Å². The zero-order valence-corrected chi connectivity index (χ0v) is 28.1. The Kier molecular flexibility index (Phi) is 13.4. The van der Waals surface area contributed by atoms with Crippen molar-refractivity contribution in [2.75, 3.05) is 13.1 Å². The van der Waals surface area contributed by atoms with Crippen LogP contribution in [0.4, 0.5) is 13.2 Å². The molecule has 0 atom stereocenters. The van der Waals surface area contributed by atoms with Gasteiger partial charge in [0.25, 0.3) is 0 Å². The summed E-state index contributed by atoms with van der Waals surface area (Å²) in [6.45, 7) is 9.00. The number of alkyl halides is 3. The maximum Gasteiger partial charge on any atom is 1.00 e. The van der Waals surface area contributed by atoms with E-state index in [1.54, 1.807) is 0 Å². The number of hydrogen-bond donors (Lipinski definition) is 2. The van der Waals surface area contributed by atoms with Crippen LogP contribution < -0.4 is 0 Å². The minimum absolute atomic E-state index is 0. The van der Waals surface area contributed by atoms with E-state index in [1.807, 2.05) is 66.7 Å². The number of nitrogens with one attached hydrogen (secondary N) is 2. The number of unbranched alkanes of at least 4 members (excludes halogenated alkanes) is 2. The molecule has 0 radical (unpaired) electrons. The van der Waals surface area contributed by atoms with Gasteiger partial charge < -0.3 is 24.3 Å². The largest absolute Gasteiger partial charge is 1.00 e. The first kappa shape index (κ1) is 36.8. The van der Waals surface area contributed by atoms with Crippen LogP contribution >= 0.6 is 0 Å². The first-order valence-electron chi connectivity index (χ1n) is 14.4. The summed E-state index contributed by atoms with van der Waals surface area (Å²) in [6, 6.07) is 21.8. The van der Waals surface area contributed by atoms with Crippen molar-refractivity contribution < 1.29 is 48.5 Å². The molecule has 6 rings (SSSR count). The first-order valence-corrected chi connectivity index (χ1v) is 15.8. The molecule has 46 heavy (non-hydrogen) atoms. The van der Waals surface area contributed by atoms with Gasteiger partial charge in [-0.25, -0.2) is 23.4 Å². The zero-order chi connectivity index (χ0) is 32.5. The normalized spacial score (nSPS) is 12.8. The average molecular weight is 839 g/mol. The molecule has 15 heteroatoms.